The predicted molar refractivity (Wildman–Crippen MR) is 69.8 cm³/mol. The maximum atomic E-state index is 13.7. The molecule has 0 fully saturated rings. The number of benzene rings is 1. The Kier molecular flexibility index (Phi) is 4.54. The summed E-state index contributed by atoms with van der Waals surface area (Å²) in [6.07, 6.45) is -0.882. The first-order chi connectivity index (χ1) is 9.14. The number of nitrogens with one attached hydrogen (secondary N) is 1. The first-order valence-electron chi connectivity index (χ1n) is 5.75. The van der Waals surface area contributed by atoms with Gasteiger partial charge >= 0.3 is 12.1 Å². The molecule has 1 rings (SSSR count). The average Bonchev–Trinajstić information content (AvgIpc) is 2.24. The molecular weight excluding hydrogens is 269 g/mol. The Hall–Kier alpha value is -2.31. The van der Waals surface area contributed by atoms with E-state index in [9.17, 15) is 14.0 Å². The summed E-state index contributed by atoms with van der Waals surface area (Å²) in [5.41, 5.74) is -1.65. The Labute approximate surface area is 115 Å². The van der Waals surface area contributed by atoms with Gasteiger partial charge in [-0.1, -0.05) is 0 Å². The Morgan fingerprint density at radius 1 is 1.30 bits per heavy atom. The summed E-state index contributed by atoms with van der Waals surface area (Å²) in [4.78, 5) is 22.7. The number of carbonyl (C=O) groups excluding carboxylic acids is 1. The Morgan fingerprint density at radius 3 is 2.35 bits per heavy atom. The van der Waals surface area contributed by atoms with Crippen LogP contribution in [0.25, 0.3) is 0 Å². The number of amides is 1. The molecule has 0 radical (unpaired) electrons. The molecule has 0 atom stereocenters. The van der Waals surface area contributed by atoms with Gasteiger partial charge < -0.3 is 14.6 Å². The zero-order valence-electron chi connectivity index (χ0n) is 11.6. The van der Waals surface area contributed by atoms with Crippen LogP contribution in [0.1, 0.15) is 31.1 Å². The fourth-order valence-electron chi connectivity index (χ4n) is 1.43. The second-order valence-corrected chi connectivity index (χ2v) is 4.96. The first-order valence-corrected chi connectivity index (χ1v) is 5.75. The number of anilines is 1. The zero-order valence-corrected chi connectivity index (χ0v) is 11.6. The molecule has 0 bridgehead atoms. The second kappa shape index (κ2) is 5.77. The largest absolute Gasteiger partial charge is 0.497 e. The van der Waals surface area contributed by atoms with Crippen LogP contribution >= 0.6 is 0 Å². The topological polar surface area (TPSA) is 84.9 Å². The van der Waals surface area contributed by atoms with Gasteiger partial charge in [0.25, 0.3) is 0 Å². The third-order valence-electron chi connectivity index (χ3n) is 2.15. The molecule has 1 amide bonds. The van der Waals surface area contributed by atoms with Gasteiger partial charge in [-0.3, -0.25) is 5.32 Å². The predicted octanol–water partition coefficient (Wildman–Crippen LogP) is 2.88. The third-order valence-corrected chi connectivity index (χ3v) is 2.15. The molecule has 0 saturated heterocycles. The minimum atomic E-state index is -1.50. The molecule has 0 heterocycles. The molecule has 2 N–H and O–H groups in total. The number of hydrogen-bond acceptors (Lipinski definition) is 4. The molecule has 110 valence electrons. The van der Waals surface area contributed by atoms with Gasteiger partial charge in [-0.2, -0.15) is 0 Å². The summed E-state index contributed by atoms with van der Waals surface area (Å²) in [5, 5.41) is 11.2. The Balaban J connectivity index is 3.12. The van der Waals surface area contributed by atoms with Crippen molar-refractivity contribution < 1.29 is 28.6 Å². The van der Waals surface area contributed by atoms with E-state index in [1.807, 2.05) is 0 Å². The van der Waals surface area contributed by atoms with E-state index in [2.05, 4.69) is 5.32 Å². The van der Waals surface area contributed by atoms with Crippen LogP contribution in [-0.4, -0.2) is 29.9 Å². The van der Waals surface area contributed by atoms with Crippen LogP contribution < -0.4 is 10.1 Å². The van der Waals surface area contributed by atoms with Crippen LogP contribution in [0.4, 0.5) is 14.9 Å². The van der Waals surface area contributed by atoms with E-state index in [0.717, 1.165) is 6.07 Å². The number of hydrogen-bond donors (Lipinski definition) is 2. The monoisotopic (exact) mass is 285 g/mol. The molecule has 0 spiro atoms. The van der Waals surface area contributed by atoms with Crippen LogP contribution in [0.15, 0.2) is 12.1 Å². The van der Waals surface area contributed by atoms with Gasteiger partial charge in [0.1, 0.15) is 22.7 Å². The molecular formula is C13H16FNO5. The van der Waals surface area contributed by atoms with Crippen LogP contribution in [-0.2, 0) is 4.74 Å². The van der Waals surface area contributed by atoms with Crippen molar-refractivity contribution in [3.05, 3.63) is 23.5 Å². The minimum absolute atomic E-state index is 0.0820. The van der Waals surface area contributed by atoms with E-state index >= 15 is 0 Å². The molecule has 0 aliphatic carbocycles. The highest BCUT2D eigenvalue weighted by Crippen LogP contribution is 2.26. The Morgan fingerprint density at radius 2 is 1.90 bits per heavy atom. The van der Waals surface area contributed by atoms with Gasteiger partial charge in [0.05, 0.1) is 12.8 Å². The number of halogens is 1. The SMILES string of the molecule is COc1cc(F)c(C(=O)O)c(NC(=O)OC(C)(C)C)c1. The first kappa shape index (κ1) is 15.7. The Bertz CT molecular complexity index is 536. The van der Waals surface area contributed by atoms with Crippen LogP contribution in [0.3, 0.4) is 0 Å². The van der Waals surface area contributed by atoms with Crippen LogP contribution in [0.5, 0.6) is 5.75 Å². The van der Waals surface area contributed by atoms with E-state index in [4.69, 9.17) is 14.6 Å². The summed E-state index contributed by atoms with van der Waals surface area (Å²) < 4.78 is 23.5. The van der Waals surface area contributed by atoms with Gasteiger partial charge in [-0.25, -0.2) is 14.0 Å². The van der Waals surface area contributed by atoms with E-state index in [-0.39, 0.29) is 11.4 Å². The summed E-state index contributed by atoms with van der Waals surface area (Å²) in [6.45, 7) is 4.95. The molecule has 0 saturated carbocycles. The maximum Gasteiger partial charge on any atom is 0.412 e. The van der Waals surface area contributed by atoms with Crippen molar-refractivity contribution in [2.45, 2.75) is 26.4 Å². The van der Waals surface area contributed by atoms with E-state index in [0.29, 0.717) is 0 Å². The standard InChI is InChI=1S/C13H16FNO5/c1-13(2,3)20-12(18)15-9-6-7(19-4)5-8(14)10(9)11(16)17/h5-6H,1-4H3,(H,15,18)(H,16,17). The van der Waals surface area contributed by atoms with Gasteiger partial charge in [0.15, 0.2) is 0 Å². The van der Waals surface area contributed by atoms with Crippen molar-refractivity contribution >= 4 is 17.7 Å². The maximum absolute atomic E-state index is 13.7. The van der Waals surface area contributed by atoms with Gasteiger partial charge in [-0.05, 0) is 20.8 Å². The second-order valence-electron chi connectivity index (χ2n) is 4.96. The molecule has 20 heavy (non-hydrogen) atoms. The van der Waals surface area contributed by atoms with Crippen molar-refractivity contribution in [3.63, 3.8) is 0 Å². The summed E-state index contributed by atoms with van der Waals surface area (Å²) in [6, 6.07) is 2.13. The molecule has 1 aromatic rings. The number of carboxylic acids is 1. The van der Waals surface area contributed by atoms with E-state index in [1.54, 1.807) is 20.8 Å². The van der Waals surface area contributed by atoms with Crippen molar-refractivity contribution in [2.24, 2.45) is 0 Å². The van der Waals surface area contributed by atoms with E-state index < -0.39 is 29.0 Å². The molecule has 6 nitrogen and oxygen atoms in total. The summed E-state index contributed by atoms with van der Waals surface area (Å²) >= 11 is 0. The number of carboxylic acid groups (broad SMARTS) is 1. The minimum Gasteiger partial charge on any atom is -0.497 e. The number of methoxy groups -OCH3 is 1. The number of carbonyl (C=O) groups is 2. The smallest absolute Gasteiger partial charge is 0.412 e. The van der Waals surface area contributed by atoms with Crippen LogP contribution in [0.2, 0.25) is 0 Å². The number of aromatic carboxylic acids is 1. The molecule has 0 aliphatic heterocycles. The highest BCUT2D eigenvalue weighted by atomic mass is 19.1. The molecule has 7 heteroatoms. The third kappa shape index (κ3) is 4.11. The fraction of sp³-hybridized carbons (Fsp3) is 0.385. The summed E-state index contributed by atoms with van der Waals surface area (Å²) in [5.74, 6) is -2.43. The molecule has 0 unspecified atom stereocenters. The quantitative estimate of drug-likeness (QED) is 0.892. The molecule has 0 aromatic heterocycles. The summed E-state index contributed by atoms with van der Waals surface area (Å²) in [7, 11) is 1.30. The lowest BCUT2D eigenvalue weighted by molar-refractivity contribution is 0.0636. The lowest BCUT2D eigenvalue weighted by atomic mass is 10.1. The zero-order chi connectivity index (χ0) is 15.5. The normalized spacial score (nSPS) is 10.8. The molecule has 1 aromatic carbocycles. The highest BCUT2D eigenvalue weighted by molar-refractivity contribution is 5.99. The van der Waals surface area contributed by atoms with Crippen LogP contribution in [0, 0.1) is 5.82 Å². The van der Waals surface area contributed by atoms with Gasteiger partial charge in [-0.15, -0.1) is 0 Å². The number of rotatable bonds is 3. The van der Waals surface area contributed by atoms with E-state index in [1.165, 1.54) is 13.2 Å². The average molecular weight is 285 g/mol. The van der Waals surface area contributed by atoms with Crippen molar-refractivity contribution in [3.8, 4) is 5.75 Å². The lowest BCUT2D eigenvalue weighted by Crippen LogP contribution is -2.28. The van der Waals surface area contributed by atoms with Crippen molar-refractivity contribution in [1.29, 1.82) is 0 Å². The lowest BCUT2D eigenvalue weighted by Gasteiger charge is -2.20. The number of ether oxygens (including phenoxy) is 2. The van der Waals surface area contributed by atoms with Crippen molar-refractivity contribution in [1.82, 2.24) is 0 Å². The van der Waals surface area contributed by atoms with Gasteiger partial charge in [0.2, 0.25) is 0 Å². The molecule has 0 aliphatic rings. The highest BCUT2D eigenvalue weighted by Gasteiger charge is 2.22. The fourth-order valence-corrected chi connectivity index (χ4v) is 1.43. The van der Waals surface area contributed by atoms with Crippen molar-refractivity contribution in [2.75, 3.05) is 12.4 Å². The van der Waals surface area contributed by atoms with Gasteiger partial charge in [0, 0.05) is 12.1 Å².